The van der Waals surface area contributed by atoms with Crippen LogP contribution in [0.1, 0.15) is 32.1 Å². The minimum Gasteiger partial charge on any atom is -0.350 e. The third kappa shape index (κ3) is 2.97. The Balaban J connectivity index is 1.85. The van der Waals surface area contributed by atoms with Crippen LogP contribution in [0.2, 0.25) is 0 Å². The first kappa shape index (κ1) is 15.0. The van der Waals surface area contributed by atoms with Crippen LogP contribution < -0.4 is 5.32 Å². The van der Waals surface area contributed by atoms with E-state index in [0.717, 1.165) is 36.7 Å². The third-order valence-corrected chi connectivity index (χ3v) is 4.14. The molecule has 1 atom stereocenters. The monoisotopic (exact) mass is 300 g/mol. The second kappa shape index (κ2) is 6.04. The summed E-state index contributed by atoms with van der Waals surface area (Å²) in [6.07, 6.45) is 4.84. The number of aryl methyl sites for hydroxylation is 1. The first-order chi connectivity index (χ1) is 10.5. The predicted molar refractivity (Wildman–Crippen MR) is 87.9 cm³/mol. The van der Waals surface area contributed by atoms with E-state index in [1.54, 1.807) is 0 Å². The maximum Gasteiger partial charge on any atom is 0.223 e. The lowest BCUT2D eigenvalue weighted by Gasteiger charge is -2.15. The summed E-state index contributed by atoms with van der Waals surface area (Å²) in [5.74, 6) is 1.71. The molecule has 0 saturated carbocycles. The number of hydrogen-bond donors (Lipinski definition) is 1. The van der Waals surface area contributed by atoms with Crippen LogP contribution in [0, 0.1) is 6.92 Å². The first-order valence-electron chi connectivity index (χ1n) is 7.87. The SMILES string of the molecule is Cc1ncc(-c2ccnc(NC3CCN(C)C3)n2)n1C(C)C. The Kier molecular flexibility index (Phi) is 4.11. The molecule has 3 heterocycles. The topological polar surface area (TPSA) is 58.9 Å². The minimum absolute atomic E-state index is 0.354. The van der Waals surface area contributed by atoms with Crippen LogP contribution in [0.3, 0.4) is 0 Å². The van der Waals surface area contributed by atoms with Crippen molar-refractivity contribution in [3.05, 3.63) is 24.3 Å². The summed E-state index contributed by atoms with van der Waals surface area (Å²) in [4.78, 5) is 15.8. The molecule has 1 fully saturated rings. The first-order valence-corrected chi connectivity index (χ1v) is 7.87. The van der Waals surface area contributed by atoms with Gasteiger partial charge in [-0.25, -0.2) is 15.0 Å². The van der Waals surface area contributed by atoms with E-state index in [4.69, 9.17) is 0 Å². The molecule has 0 amide bonds. The average Bonchev–Trinajstić information content (AvgIpc) is 3.05. The van der Waals surface area contributed by atoms with Crippen molar-refractivity contribution < 1.29 is 0 Å². The standard InChI is InChI=1S/C16H24N6/c1-11(2)22-12(3)18-9-15(22)14-5-7-17-16(20-14)19-13-6-8-21(4)10-13/h5,7,9,11,13H,6,8,10H2,1-4H3,(H,17,19,20). The molecule has 6 nitrogen and oxygen atoms in total. The molecule has 0 spiro atoms. The molecule has 2 aromatic rings. The number of nitrogens with zero attached hydrogens (tertiary/aromatic N) is 5. The molecule has 1 saturated heterocycles. The number of rotatable bonds is 4. The van der Waals surface area contributed by atoms with E-state index in [-0.39, 0.29) is 0 Å². The zero-order valence-corrected chi connectivity index (χ0v) is 13.7. The van der Waals surface area contributed by atoms with Crippen LogP contribution in [0.5, 0.6) is 0 Å². The minimum atomic E-state index is 0.354. The molecule has 0 aromatic carbocycles. The number of imidazole rings is 1. The quantitative estimate of drug-likeness (QED) is 0.939. The maximum atomic E-state index is 4.69. The summed E-state index contributed by atoms with van der Waals surface area (Å²) in [6.45, 7) is 8.51. The molecule has 118 valence electrons. The average molecular weight is 300 g/mol. The lowest BCUT2D eigenvalue weighted by Crippen LogP contribution is -2.24. The highest BCUT2D eigenvalue weighted by atomic mass is 15.2. The van der Waals surface area contributed by atoms with Crippen molar-refractivity contribution in [1.82, 2.24) is 24.4 Å². The van der Waals surface area contributed by atoms with E-state index in [9.17, 15) is 0 Å². The van der Waals surface area contributed by atoms with Gasteiger partial charge in [0, 0.05) is 24.8 Å². The Labute approximate surface area is 131 Å². The van der Waals surface area contributed by atoms with Gasteiger partial charge in [0.05, 0.1) is 17.6 Å². The van der Waals surface area contributed by atoms with Crippen LogP contribution in [0.25, 0.3) is 11.4 Å². The van der Waals surface area contributed by atoms with Crippen LogP contribution in [0.4, 0.5) is 5.95 Å². The number of nitrogens with one attached hydrogen (secondary N) is 1. The molecular formula is C16H24N6. The zero-order chi connectivity index (χ0) is 15.7. The lowest BCUT2D eigenvalue weighted by molar-refractivity contribution is 0.414. The van der Waals surface area contributed by atoms with Gasteiger partial charge in [-0.15, -0.1) is 0 Å². The fourth-order valence-electron chi connectivity index (χ4n) is 3.10. The Morgan fingerprint density at radius 3 is 2.82 bits per heavy atom. The molecule has 6 heteroatoms. The van der Waals surface area contributed by atoms with Crippen LogP contribution in [-0.4, -0.2) is 50.6 Å². The molecule has 22 heavy (non-hydrogen) atoms. The highest BCUT2D eigenvalue weighted by Gasteiger charge is 2.20. The van der Waals surface area contributed by atoms with Crippen LogP contribution in [0.15, 0.2) is 18.5 Å². The number of aromatic nitrogens is 4. The molecule has 0 radical (unpaired) electrons. The van der Waals surface area contributed by atoms with E-state index in [1.807, 2.05) is 25.4 Å². The largest absolute Gasteiger partial charge is 0.350 e. The summed E-state index contributed by atoms with van der Waals surface area (Å²) in [6, 6.07) is 2.73. The maximum absolute atomic E-state index is 4.69. The molecule has 1 aliphatic rings. The van der Waals surface area contributed by atoms with Crippen molar-refractivity contribution in [1.29, 1.82) is 0 Å². The molecule has 3 rings (SSSR count). The molecule has 1 N–H and O–H groups in total. The van der Waals surface area contributed by atoms with E-state index >= 15 is 0 Å². The molecule has 2 aromatic heterocycles. The van der Waals surface area contributed by atoms with Gasteiger partial charge >= 0.3 is 0 Å². The molecule has 1 unspecified atom stereocenters. The van der Waals surface area contributed by atoms with E-state index in [2.05, 4.69) is 50.6 Å². The Hall–Kier alpha value is -1.95. The van der Waals surface area contributed by atoms with Crippen molar-refractivity contribution in [3.8, 4) is 11.4 Å². The number of anilines is 1. The lowest BCUT2D eigenvalue weighted by atomic mass is 10.2. The molecule has 0 aliphatic carbocycles. The van der Waals surface area contributed by atoms with Gasteiger partial charge in [-0.3, -0.25) is 0 Å². The number of hydrogen-bond acceptors (Lipinski definition) is 5. The van der Waals surface area contributed by atoms with Gasteiger partial charge in [0.2, 0.25) is 5.95 Å². The fourth-order valence-corrected chi connectivity index (χ4v) is 3.10. The highest BCUT2D eigenvalue weighted by molar-refractivity contribution is 5.56. The van der Waals surface area contributed by atoms with Gasteiger partial charge in [-0.1, -0.05) is 0 Å². The Morgan fingerprint density at radius 2 is 2.14 bits per heavy atom. The van der Waals surface area contributed by atoms with E-state index < -0.39 is 0 Å². The van der Waals surface area contributed by atoms with Crippen LogP contribution in [-0.2, 0) is 0 Å². The predicted octanol–water partition coefficient (Wildman–Crippen LogP) is 2.35. The van der Waals surface area contributed by atoms with Gasteiger partial charge < -0.3 is 14.8 Å². The Bertz CT molecular complexity index is 648. The fraction of sp³-hybridized carbons (Fsp3) is 0.562. The highest BCUT2D eigenvalue weighted by Crippen LogP contribution is 2.23. The molecule has 0 bridgehead atoms. The van der Waals surface area contributed by atoms with Crippen molar-refractivity contribution >= 4 is 5.95 Å². The summed E-state index contributed by atoms with van der Waals surface area (Å²) in [5, 5.41) is 3.44. The summed E-state index contributed by atoms with van der Waals surface area (Å²) in [5.41, 5.74) is 1.96. The normalized spacial score (nSPS) is 19.0. The third-order valence-electron chi connectivity index (χ3n) is 4.14. The summed E-state index contributed by atoms with van der Waals surface area (Å²) >= 11 is 0. The number of likely N-dealkylation sites (tertiary alicyclic amines) is 1. The van der Waals surface area contributed by atoms with Crippen molar-refractivity contribution in [3.63, 3.8) is 0 Å². The smallest absolute Gasteiger partial charge is 0.223 e. The van der Waals surface area contributed by atoms with Crippen molar-refractivity contribution in [2.75, 3.05) is 25.5 Å². The van der Waals surface area contributed by atoms with Gasteiger partial charge in [0.25, 0.3) is 0 Å². The second-order valence-corrected chi connectivity index (χ2v) is 6.31. The van der Waals surface area contributed by atoms with Crippen LogP contribution >= 0.6 is 0 Å². The summed E-state index contributed by atoms with van der Waals surface area (Å²) in [7, 11) is 2.14. The van der Waals surface area contributed by atoms with Gasteiger partial charge in [0.15, 0.2) is 0 Å². The van der Waals surface area contributed by atoms with E-state index in [1.165, 1.54) is 0 Å². The Morgan fingerprint density at radius 1 is 1.32 bits per heavy atom. The van der Waals surface area contributed by atoms with Crippen molar-refractivity contribution in [2.24, 2.45) is 0 Å². The van der Waals surface area contributed by atoms with Crippen molar-refractivity contribution in [2.45, 2.75) is 39.3 Å². The van der Waals surface area contributed by atoms with Gasteiger partial charge in [-0.2, -0.15) is 0 Å². The molecule has 1 aliphatic heterocycles. The second-order valence-electron chi connectivity index (χ2n) is 6.31. The summed E-state index contributed by atoms with van der Waals surface area (Å²) < 4.78 is 2.20. The molecular weight excluding hydrogens is 276 g/mol. The van der Waals surface area contributed by atoms with Gasteiger partial charge in [-0.05, 0) is 46.9 Å². The zero-order valence-electron chi connectivity index (χ0n) is 13.7. The number of likely N-dealkylation sites (N-methyl/N-ethyl adjacent to an activating group) is 1. The van der Waals surface area contributed by atoms with E-state index in [0.29, 0.717) is 18.0 Å². The van der Waals surface area contributed by atoms with Gasteiger partial charge in [0.1, 0.15) is 5.82 Å².